The Kier molecular flexibility index (Phi) is 3.69. The van der Waals surface area contributed by atoms with Crippen molar-refractivity contribution in [3.8, 4) is 5.69 Å². The van der Waals surface area contributed by atoms with E-state index in [1.54, 1.807) is 30.8 Å². The van der Waals surface area contributed by atoms with E-state index in [1.807, 2.05) is 18.2 Å². The van der Waals surface area contributed by atoms with Crippen LogP contribution in [0.2, 0.25) is 0 Å². The standard InChI is InChI=1S/C16H15N9O2/c1-9-11(15(27)25(23(9)2)10-6-4-3-5-7-10)20-14(26)12-13(17)24-16(22-21-12)18-8-19-24/h3-8H,17H2,1-2H3,(H,20,26). The van der Waals surface area contributed by atoms with Crippen LogP contribution >= 0.6 is 0 Å². The van der Waals surface area contributed by atoms with Crippen LogP contribution in [0, 0.1) is 6.92 Å². The Morgan fingerprint density at radius 3 is 2.67 bits per heavy atom. The molecule has 3 aromatic heterocycles. The molecular formula is C16H15N9O2. The molecule has 1 amide bonds. The van der Waals surface area contributed by atoms with Crippen molar-refractivity contribution in [2.75, 3.05) is 11.1 Å². The lowest BCUT2D eigenvalue weighted by Gasteiger charge is -2.07. The average molecular weight is 365 g/mol. The molecule has 0 aliphatic rings. The number of carbonyl (C=O) groups is 1. The molecule has 0 aliphatic carbocycles. The van der Waals surface area contributed by atoms with Crippen molar-refractivity contribution in [3.05, 3.63) is 58.4 Å². The summed E-state index contributed by atoms with van der Waals surface area (Å²) in [5.74, 6) is -0.512. The lowest BCUT2D eigenvalue weighted by atomic mass is 10.3. The van der Waals surface area contributed by atoms with Crippen LogP contribution in [0.5, 0.6) is 0 Å². The van der Waals surface area contributed by atoms with E-state index < -0.39 is 5.91 Å². The Labute approximate surface area is 152 Å². The van der Waals surface area contributed by atoms with E-state index in [-0.39, 0.29) is 28.5 Å². The van der Waals surface area contributed by atoms with Crippen molar-refractivity contribution in [1.82, 2.24) is 34.2 Å². The minimum absolute atomic E-state index is 0.0213. The maximum Gasteiger partial charge on any atom is 0.295 e. The Morgan fingerprint density at radius 2 is 1.93 bits per heavy atom. The lowest BCUT2D eigenvalue weighted by Crippen LogP contribution is -2.24. The summed E-state index contributed by atoms with van der Waals surface area (Å²) in [7, 11) is 1.73. The first-order chi connectivity index (χ1) is 13.0. The summed E-state index contributed by atoms with van der Waals surface area (Å²) >= 11 is 0. The Bertz CT molecular complexity index is 1220. The molecule has 3 N–H and O–H groups in total. The first-order valence-electron chi connectivity index (χ1n) is 7.96. The zero-order valence-corrected chi connectivity index (χ0v) is 14.5. The van der Waals surface area contributed by atoms with E-state index in [2.05, 4.69) is 25.6 Å². The molecule has 0 radical (unpaired) electrons. The Hall–Kier alpha value is -4.02. The third-order valence-corrected chi connectivity index (χ3v) is 4.25. The molecule has 1 aromatic carbocycles. The van der Waals surface area contributed by atoms with Crippen molar-refractivity contribution in [2.24, 2.45) is 7.05 Å². The highest BCUT2D eigenvalue weighted by molar-refractivity contribution is 6.05. The number of aromatic nitrogens is 7. The number of amides is 1. The summed E-state index contributed by atoms with van der Waals surface area (Å²) in [5.41, 5.74) is 6.79. The number of nitrogens with zero attached hydrogens (tertiary/aromatic N) is 7. The second-order valence-electron chi connectivity index (χ2n) is 5.80. The highest BCUT2D eigenvalue weighted by Crippen LogP contribution is 2.16. The van der Waals surface area contributed by atoms with Gasteiger partial charge in [-0.25, -0.2) is 4.68 Å². The molecule has 0 spiro atoms. The first kappa shape index (κ1) is 16.4. The number of hydrogen-bond acceptors (Lipinski definition) is 7. The quantitative estimate of drug-likeness (QED) is 0.527. The van der Waals surface area contributed by atoms with Crippen molar-refractivity contribution in [3.63, 3.8) is 0 Å². The van der Waals surface area contributed by atoms with Crippen LogP contribution < -0.4 is 16.6 Å². The molecule has 136 valence electrons. The fourth-order valence-electron chi connectivity index (χ4n) is 2.77. The molecule has 0 saturated heterocycles. The number of para-hydroxylation sites is 1. The number of nitrogens with two attached hydrogens (primary N) is 1. The molecule has 11 heteroatoms. The average Bonchev–Trinajstić information content (AvgIpc) is 3.23. The van der Waals surface area contributed by atoms with Gasteiger partial charge in [0.25, 0.3) is 17.2 Å². The minimum Gasteiger partial charge on any atom is -0.382 e. The van der Waals surface area contributed by atoms with Gasteiger partial charge < -0.3 is 11.1 Å². The van der Waals surface area contributed by atoms with Gasteiger partial charge in [0.05, 0.1) is 11.4 Å². The van der Waals surface area contributed by atoms with Gasteiger partial charge in [-0.2, -0.15) is 14.6 Å². The lowest BCUT2D eigenvalue weighted by molar-refractivity contribution is 0.102. The predicted molar refractivity (Wildman–Crippen MR) is 96.7 cm³/mol. The SMILES string of the molecule is Cc1c(NC(=O)c2nnc3ncnn3c2N)c(=O)n(-c2ccccc2)n1C. The Balaban J connectivity index is 1.75. The van der Waals surface area contributed by atoms with E-state index in [9.17, 15) is 9.59 Å². The molecular weight excluding hydrogens is 350 g/mol. The zero-order chi connectivity index (χ0) is 19.1. The highest BCUT2D eigenvalue weighted by atomic mass is 16.2. The van der Waals surface area contributed by atoms with Gasteiger partial charge in [-0.3, -0.25) is 14.3 Å². The number of nitrogen functional groups attached to an aromatic ring is 1. The van der Waals surface area contributed by atoms with E-state index in [1.165, 1.54) is 15.5 Å². The van der Waals surface area contributed by atoms with Crippen LogP contribution in [-0.4, -0.2) is 40.1 Å². The molecule has 3 heterocycles. The third kappa shape index (κ3) is 2.52. The van der Waals surface area contributed by atoms with Gasteiger partial charge in [0.1, 0.15) is 12.0 Å². The van der Waals surface area contributed by atoms with Crippen LogP contribution in [0.3, 0.4) is 0 Å². The van der Waals surface area contributed by atoms with Crippen LogP contribution in [-0.2, 0) is 7.05 Å². The zero-order valence-electron chi connectivity index (χ0n) is 14.5. The van der Waals surface area contributed by atoms with Gasteiger partial charge in [-0.15, -0.1) is 10.2 Å². The molecule has 4 rings (SSSR count). The maximum absolute atomic E-state index is 12.9. The molecule has 0 atom stereocenters. The van der Waals surface area contributed by atoms with Crippen LogP contribution in [0.4, 0.5) is 11.5 Å². The highest BCUT2D eigenvalue weighted by Gasteiger charge is 2.22. The summed E-state index contributed by atoms with van der Waals surface area (Å²) in [5, 5.41) is 14.1. The summed E-state index contributed by atoms with van der Waals surface area (Å²) in [4.78, 5) is 29.4. The van der Waals surface area contributed by atoms with Gasteiger partial charge in [0.2, 0.25) is 0 Å². The first-order valence-corrected chi connectivity index (χ1v) is 7.96. The van der Waals surface area contributed by atoms with Crippen molar-refractivity contribution >= 4 is 23.2 Å². The number of anilines is 2. The minimum atomic E-state index is -0.664. The van der Waals surface area contributed by atoms with E-state index in [4.69, 9.17) is 5.73 Å². The van der Waals surface area contributed by atoms with Gasteiger partial charge in [0, 0.05) is 7.05 Å². The second kappa shape index (κ2) is 6.05. The van der Waals surface area contributed by atoms with Gasteiger partial charge in [0.15, 0.2) is 11.5 Å². The van der Waals surface area contributed by atoms with Crippen LogP contribution in [0.1, 0.15) is 16.2 Å². The third-order valence-electron chi connectivity index (χ3n) is 4.25. The van der Waals surface area contributed by atoms with Gasteiger partial charge in [-0.1, -0.05) is 18.2 Å². The smallest absolute Gasteiger partial charge is 0.295 e. The molecule has 0 bridgehead atoms. The molecule has 0 unspecified atom stereocenters. The van der Waals surface area contributed by atoms with E-state index in [0.29, 0.717) is 11.4 Å². The summed E-state index contributed by atoms with van der Waals surface area (Å²) < 4.78 is 4.31. The van der Waals surface area contributed by atoms with Gasteiger partial charge >= 0.3 is 0 Å². The Morgan fingerprint density at radius 1 is 1.19 bits per heavy atom. The molecule has 27 heavy (non-hydrogen) atoms. The number of rotatable bonds is 3. The summed E-state index contributed by atoms with van der Waals surface area (Å²) in [6.45, 7) is 1.73. The maximum atomic E-state index is 12.9. The normalized spacial score (nSPS) is 11.0. The van der Waals surface area contributed by atoms with Gasteiger partial charge in [-0.05, 0) is 19.1 Å². The monoisotopic (exact) mass is 365 g/mol. The van der Waals surface area contributed by atoms with Crippen molar-refractivity contribution < 1.29 is 4.79 Å². The van der Waals surface area contributed by atoms with E-state index in [0.717, 1.165) is 0 Å². The summed E-state index contributed by atoms with van der Waals surface area (Å²) in [6, 6.07) is 9.11. The second-order valence-corrected chi connectivity index (χ2v) is 5.80. The molecule has 4 aromatic rings. The van der Waals surface area contributed by atoms with Crippen molar-refractivity contribution in [1.29, 1.82) is 0 Å². The van der Waals surface area contributed by atoms with Crippen molar-refractivity contribution in [2.45, 2.75) is 6.92 Å². The molecule has 0 saturated carbocycles. The topological polar surface area (TPSA) is 138 Å². The van der Waals surface area contributed by atoms with Crippen LogP contribution in [0.15, 0.2) is 41.5 Å². The number of nitrogens with one attached hydrogen (secondary N) is 1. The number of hydrogen-bond donors (Lipinski definition) is 2. The number of carbonyl (C=O) groups excluding carboxylic acids is 1. The fraction of sp³-hybridized carbons (Fsp3) is 0.125. The van der Waals surface area contributed by atoms with E-state index >= 15 is 0 Å². The largest absolute Gasteiger partial charge is 0.382 e. The predicted octanol–water partition coefficient (Wildman–Crippen LogP) is 0.152. The molecule has 11 nitrogen and oxygen atoms in total. The molecule has 0 aliphatic heterocycles. The fourth-order valence-corrected chi connectivity index (χ4v) is 2.77. The summed E-state index contributed by atoms with van der Waals surface area (Å²) in [6.07, 6.45) is 1.25. The number of fused-ring (bicyclic) bond motifs is 1. The molecule has 0 fully saturated rings. The number of benzene rings is 1. The van der Waals surface area contributed by atoms with Crippen LogP contribution in [0.25, 0.3) is 11.5 Å².